The molecule has 6 nitrogen and oxygen atoms in total. The number of ether oxygens (including phenoxy) is 2. The zero-order chi connectivity index (χ0) is 17.8. The van der Waals surface area contributed by atoms with Crippen LogP contribution >= 0.6 is 12.2 Å². The summed E-state index contributed by atoms with van der Waals surface area (Å²) in [5.74, 6) is 2.28. The summed E-state index contributed by atoms with van der Waals surface area (Å²) in [6, 6.07) is 13.2. The van der Waals surface area contributed by atoms with Crippen molar-refractivity contribution in [2.24, 2.45) is 0 Å². The number of benzene rings is 2. The van der Waals surface area contributed by atoms with E-state index in [9.17, 15) is 0 Å². The molecule has 1 N–H and O–H groups in total. The highest BCUT2D eigenvalue weighted by atomic mass is 32.1. The third kappa shape index (κ3) is 3.61. The highest BCUT2D eigenvalue weighted by Crippen LogP contribution is 2.29. The molecule has 1 aromatic heterocycles. The van der Waals surface area contributed by atoms with Gasteiger partial charge in [-0.2, -0.15) is 4.98 Å². The van der Waals surface area contributed by atoms with E-state index in [-0.39, 0.29) is 0 Å². The van der Waals surface area contributed by atoms with Crippen molar-refractivity contribution in [3.05, 3.63) is 53.9 Å². The predicted octanol–water partition coefficient (Wildman–Crippen LogP) is 3.85. The Morgan fingerprint density at radius 2 is 1.84 bits per heavy atom. The molecular formula is C18H17N3O3S. The Labute approximate surface area is 150 Å². The van der Waals surface area contributed by atoms with Crippen molar-refractivity contribution in [2.45, 2.75) is 6.92 Å². The number of methoxy groups -OCH3 is 2. The first-order chi connectivity index (χ1) is 12.1. The number of thiocarbonyl (C=S) groups is 1. The van der Waals surface area contributed by atoms with Gasteiger partial charge in [0, 0.05) is 18.1 Å². The maximum absolute atomic E-state index is 5.53. The van der Waals surface area contributed by atoms with Crippen molar-refractivity contribution in [3.8, 4) is 22.9 Å². The Bertz CT molecular complexity index is 908. The van der Waals surface area contributed by atoms with Gasteiger partial charge in [-0.25, -0.2) is 0 Å². The number of para-hydroxylation sites is 1. The molecule has 7 heteroatoms. The summed E-state index contributed by atoms with van der Waals surface area (Å²) in [4.78, 5) is 4.82. The number of rotatable bonds is 5. The molecule has 128 valence electrons. The van der Waals surface area contributed by atoms with Crippen LogP contribution in [0.2, 0.25) is 0 Å². The number of hydrogen-bond donors (Lipinski definition) is 1. The summed E-state index contributed by atoms with van der Waals surface area (Å²) in [6.07, 6.45) is 0. The average molecular weight is 355 g/mol. The van der Waals surface area contributed by atoms with Gasteiger partial charge in [0.15, 0.2) is 11.5 Å². The van der Waals surface area contributed by atoms with Crippen LogP contribution in [-0.4, -0.2) is 29.3 Å². The van der Waals surface area contributed by atoms with Crippen LogP contribution in [0.5, 0.6) is 11.5 Å². The van der Waals surface area contributed by atoms with Crippen LogP contribution in [0.15, 0.2) is 47.0 Å². The molecule has 25 heavy (non-hydrogen) atoms. The second kappa shape index (κ2) is 7.31. The second-order valence-corrected chi connectivity index (χ2v) is 5.61. The Balaban J connectivity index is 1.89. The van der Waals surface area contributed by atoms with Gasteiger partial charge in [-0.3, -0.25) is 0 Å². The third-order valence-corrected chi connectivity index (χ3v) is 3.93. The molecule has 0 amide bonds. The number of anilines is 1. The zero-order valence-electron chi connectivity index (χ0n) is 14.1. The van der Waals surface area contributed by atoms with Crippen molar-refractivity contribution in [2.75, 3.05) is 19.5 Å². The van der Waals surface area contributed by atoms with E-state index < -0.39 is 0 Å². The van der Waals surface area contributed by atoms with Crippen molar-refractivity contribution < 1.29 is 14.0 Å². The summed E-state index contributed by atoms with van der Waals surface area (Å²) in [6.45, 7) is 1.75. The van der Waals surface area contributed by atoms with Gasteiger partial charge < -0.3 is 19.3 Å². The van der Waals surface area contributed by atoms with Gasteiger partial charge in [0.1, 0.15) is 4.99 Å². The molecule has 2 aromatic carbocycles. The number of nitrogens with one attached hydrogen (secondary N) is 1. The van der Waals surface area contributed by atoms with Crippen LogP contribution in [0, 0.1) is 6.92 Å². The molecule has 3 rings (SSSR count). The van der Waals surface area contributed by atoms with Gasteiger partial charge in [-0.05, 0) is 30.3 Å². The fourth-order valence-corrected chi connectivity index (χ4v) is 2.60. The molecule has 0 unspecified atom stereocenters. The standard InChI is InChI=1S/C18H17N3O3S/c1-11-19-17(21-24-11)13-6-4-5-7-14(13)20-18(25)12-8-9-15(22-2)16(10-12)23-3/h4-10H,1-3H3,(H,20,25). The van der Waals surface area contributed by atoms with Gasteiger partial charge in [0.05, 0.1) is 19.9 Å². The molecule has 1 heterocycles. The monoisotopic (exact) mass is 355 g/mol. The van der Waals surface area contributed by atoms with E-state index in [0.29, 0.717) is 28.2 Å². The molecule has 0 spiro atoms. The largest absolute Gasteiger partial charge is 0.493 e. The van der Waals surface area contributed by atoms with E-state index in [1.807, 2.05) is 42.5 Å². The summed E-state index contributed by atoms with van der Waals surface area (Å²) in [7, 11) is 3.18. The van der Waals surface area contributed by atoms with Crippen molar-refractivity contribution in [1.82, 2.24) is 10.1 Å². The van der Waals surface area contributed by atoms with Gasteiger partial charge in [-0.15, -0.1) is 0 Å². The van der Waals surface area contributed by atoms with Crippen molar-refractivity contribution in [3.63, 3.8) is 0 Å². The number of nitrogens with zero attached hydrogens (tertiary/aromatic N) is 2. The highest BCUT2D eigenvalue weighted by molar-refractivity contribution is 7.81. The Morgan fingerprint density at radius 1 is 1.08 bits per heavy atom. The summed E-state index contributed by atoms with van der Waals surface area (Å²) >= 11 is 5.53. The average Bonchev–Trinajstić information content (AvgIpc) is 3.07. The minimum Gasteiger partial charge on any atom is -0.493 e. The van der Waals surface area contributed by atoms with E-state index in [1.54, 1.807) is 21.1 Å². The number of aromatic nitrogens is 2. The van der Waals surface area contributed by atoms with Crippen molar-refractivity contribution >= 4 is 22.9 Å². The van der Waals surface area contributed by atoms with E-state index in [4.69, 9.17) is 26.2 Å². The van der Waals surface area contributed by atoms with Crippen LogP contribution in [0.25, 0.3) is 11.4 Å². The molecular weight excluding hydrogens is 338 g/mol. The Kier molecular flexibility index (Phi) is 4.95. The molecule has 0 bridgehead atoms. The van der Waals surface area contributed by atoms with Gasteiger partial charge >= 0.3 is 0 Å². The fraction of sp³-hybridized carbons (Fsp3) is 0.167. The maximum Gasteiger partial charge on any atom is 0.223 e. The lowest BCUT2D eigenvalue weighted by Crippen LogP contribution is -2.11. The Morgan fingerprint density at radius 3 is 2.52 bits per heavy atom. The van der Waals surface area contributed by atoms with Crippen LogP contribution in [-0.2, 0) is 0 Å². The van der Waals surface area contributed by atoms with Crippen LogP contribution < -0.4 is 14.8 Å². The smallest absolute Gasteiger partial charge is 0.223 e. The predicted molar refractivity (Wildman–Crippen MR) is 99.3 cm³/mol. The Hall–Kier alpha value is -2.93. The first-order valence-corrected chi connectivity index (χ1v) is 7.96. The molecule has 0 saturated heterocycles. The lowest BCUT2D eigenvalue weighted by molar-refractivity contribution is 0.355. The van der Waals surface area contributed by atoms with E-state index in [2.05, 4.69) is 15.5 Å². The SMILES string of the molecule is COc1ccc(C(=S)Nc2ccccc2-c2noc(C)n2)cc1OC. The van der Waals surface area contributed by atoms with Crippen LogP contribution in [0.4, 0.5) is 5.69 Å². The molecule has 0 aliphatic heterocycles. The van der Waals surface area contributed by atoms with Crippen molar-refractivity contribution in [1.29, 1.82) is 0 Å². The second-order valence-electron chi connectivity index (χ2n) is 5.21. The topological polar surface area (TPSA) is 69.4 Å². The molecule has 3 aromatic rings. The van der Waals surface area contributed by atoms with E-state index in [0.717, 1.165) is 16.8 Å². The third-order valence-electron chi connectivity index (χ3n) is 3.59. The van der Waals surface area contributed by atoms with E-state index >= 15 is 0 Å². The number of aryl methyl sites for hydroxylation is 1. The lowest BCUT2D eigenvalue weighted by atomic mass is 10.1. The molecule has 0 aliphatic rings. The highest BCUT2D eigenvalue weighted by Gasteiger charge is 2.13. The summed E-state index contributed by atoms with van der Waals surface area (Å²) in [5, 5.41) is 7.21. The van der Waals surface area contributed by atoms with Gasteiger partial charge in [-0.1, -0.05) is 29.5 Å². The molecule has 0 saturated carbocycles. The van der Waals surface area contributed by atoms with Crippen LogP contribution in [0.1, 0.15) is 11.5 Å². The van der Waals surface area contributed by atoms with E-state index in [1.165, 1.54) is 0 Å². The molecule has 0 fully saturated rings. The quantitative estimate of drug-likeness (QED) is 0.697. The normalized spacial score (nSPS) is 10.4. The summed E-state index contributed by atoms with van der Waals surface area (Å²) in [5.41, 5.74) is 2.41. The minimum atomic E-state index is 0.507. The minimum absolute atomic E-state index is 0.507. The van der Waals surface area contributed by atoms with Gasteiger partial charge in [0.2, 0.25) is 11.7 Å². The maximum atomic E-state index is 5.53. The number of hydrogen-bond acceptors (Lipinski definition) is 6. The molecule has 0 radical (unpaired) electrons. The zero-order valence-corrected chi connectivity index (χ0v) is 14.9. The lowest BCUT2D eigenvalue weighted by Gasteiger charge is -2.13. The molecule has 0 atom stereocenters. The van der Waals surface area contributed by atoms with Crippen LogP contribution in [0.3, 0.4) is 0 Å². The first kappa shape index (κ1) is 16.9. The molecule has 0 aliphatic carbocycles. The summed E-state index contributed by atoms with van der Waals surface area (Å²) < 4.78 is 15.6. The first-order valence-electron chi connectivity index (χ1n) is 7.55. The van der Waals surface area contributed by atoms with Gasteiger partial charge in [0.25, 0.3) is 0 Å². The fourth-order valence-electron chi connectivity index (χ4n) is 2.37.